The largest absolute Gasteiger partial charge is 0.479 e. The molecule has 2 unspecified atom stereocenters. The Bertz CT molecular complexity index is 344. The summed E-state index contributed by atoms with van der Waals surface area (Å²) < 4.78 is 10.7. The van der Waals surface area contributed by atoms with Gasteiger partial charge in [-0.25, -0.2) is 9.59 Å². The Hall–Kier alpha value is -1.14. The number of carboxylic acid groups (broad SMARTS) is 2. The third kappa shape index (κ3) is 13.1. The molecule has 0 heterocycles. The van der Waals surface area contributed by atoms with E-state index in [0.29, 0.717) is 11.8 Å². The molecule has 6 nitrogen and oxygen atoms in total. The van der Waals surface area contributed by atoms with Gasteiger partial charge >= 0.3 is 11.9 Å². The third-order valence-electron chi connectivity index (χ3n) is 4.21. The fourth-order valence-electron chi connectivity index (χ4n) is 2.66. The van der Waals surface area contributed by atoms with Crippen molar-refractivity contribution < 1.29 is 29.3 Å². The summed E-state index contributed by atoms with van der Waals surface area (Å²) in [4.78, 5) is 22.8. The molecule has 0 amide bonds. The molecule has 2 N–H and O–H groups in total. The lowest BCUT2D eigenvalue weighted by Crippen LogP contribution is -2.44. The normalized spacial score (nSPS) is 13.9. The average molecular weight is 375 g/mol. The first kappa shape index (κ1) is 24.9. The maximum atomic E-state index is 11.4. The maximum absolute atomic E-state index is 11.4. The first-order valence-corrected chi connectivity index (χ1v) is 9.94. The molecule has 0 aromatic heterocycles. The zero-order chi connectivity index (χ0) is 19.9. The van der Waals surface area contributed by atoms with Gasteiger partial charge in [0, 0.05) is 13.2 Å². The highest BCUT2D eigenvalue weighted by Crippen LogP contribution is 2.12. The van der Waals surface area contributed by atoms with Gasteiger partial charge in [0.2, 0.25) is 0 Å². The molecule has 6 heteroatoms. The van der Waals surface area contributed by atoms with Crippen LogP contribution in [0.4, 0.5) is 0 Å². The number of carboxylic acids is 2. The molecule has 0 saturated heterocycles. The van der Waals surface area contributed by atoms with Gasteiger partial charge in [0.15, 0.2) is 12.2 Å². The third-order valence-corrected chi connectivity index (χ3v) is 4.21. The molecular weight excluding hydrogens is 336 g/mol. The predicted molar refractivity (Wildman–Crippen MR) is 101 cm³/mol. The summed E-state index contributed by atoms with van der Waals surface area (Å²) in [7, 11) is 0. The van der Waals surface area contributed by atoms with Crippen LogP contribution < -0.4 is 0 Å². The van der Waals surface area contributed by atoms with E-state index in [1.54, 1.807) is 0 Å². The zero-order valence-corrected chi connectivity index (χ0v) is 16.9. The molecule has 0 radical (unpaired) electrons. The van der Waals surface area contributed by atoms with Gasteiger partial charge in [0.25, 0.3) is 0 Å². The number of carbonyl (C=O) groups is 2. The monoisotopic (exact) mass is 374 g/mol. The van der Waals surface area contributed by atoms with Crippen LogP contribution in [0.3, 0.4) is 0 Å². The smallest absolute Gasteiger partial charge is 0.336 e. The Morgan fingerprint density at radius 1 is 0.654 bits per heavy atom. The molecule has 0 saturated carbocycles. The molecule has 0 spiro atoms. The van der Waals surface area contributed by atoms with Crippen LogP contribution in [0.2, 0.25) is 0 Å². The summed E-state index contributed by atoms with van der Waals surface area (Å²) in [6.45, 7) is 9.11. The summed E-state index contributed by atoms with van der Waals surface area (Å²) >= 11 is 0. The molecule has 154 valence electrons. The van der Waals surface area contributed by atoms with E-state index in [1.807, 2.05) is 0 Å². The second-order valence-corrected chi connectivity index (χ2v) is 7.75. The number of aliphatic carboxylic acids is 2. The molecule has 0 aliphatic heterocycles. The van der Waals surface area contributed by atoms with E-state index in [9.17, 15) is 19.8 Å². The van der Waals surface area contributed by atoms with E-state index in [-0.39, 0.29) is 13.2 Å². The number of hydrogen-bond donors (Lipinski definition) is 2. The van der Waals surface area contributed by atoms with Gasteiger partial charge in [-0.2, -0.15) is 0 Å². The standard InChI is InChI=1S/C20H38O6/c1-15(2)11-7-5-9-13-25-17(19(21)22)18(20(23)24)26-14-10-6-8-12-16(3)4/h15-18H,5-14H2,1-4H3,(H,21,22)(H,23,24). The van der Waals surface area contributed by atoms with Crippen molar-refractivity contribution in [3.63, 3.8) is 0 Å². The predicted octanol–water partition coefficient (Wildman–Crippen LogP) is 4.36. The summed E-state index contributed by atoms with van der Waals surface area (Å²) in [6, 6.07) is 0. The van der Waals surface area contributed by atoms with Crippen molar-refractivity contribution in [3.8, 4) is 0 Å². The van der Waals surface area contributed by atoms with Gasteiger partial charge in [-0.05, 0) is 24.7 Å². The summed E-state index contributed by atoms with van der Waals surface area (Å²) in [6.07, 6.45) is 4.78. The minimum atomic E-state index is -1.46. The highest BCUT2D eigenvalue weighted by Gasteiger charge is 2.35. The fraction of sp³-hybridized carbons (Fsp3) is 0.900. The van der Waals surface area contributed by atoms with Crippen molar-refractivity contribution in [2.75, 3.05) is 13.2 Å². The van der Waals surface area contributed by atoms with E-state index in [4.69, 9.17) is 9.47 Å². The van der Waals surface area contributed by atoms with E-state index >= 15 is 0 Å². The lowest BCUT2D eigenvalue weighted by molar-refractivity contribution is -0.176. The molecule has 0 aromatic carbocycles. The first-order chi connectivity index (χ1) is 12.3. The Morgan fingerprint density at radius 3 is 1.27 bits per heavy atom. The summed E-state index contributed by atoms with van der Waals surface area (Å²) in [5.41, 5.74) is 0. The number of hydrogen-bond acceptors (Lipinski definition) is 4. The van der Waals surface area contributed by atoms with Crippen molar-refractivity contribution in [1.82, 2.24) is 0 Å². The van der Waals surface area contributed by atoms with Crippen molar-refractivity contribution in [2.24, 2.45) is 11.8 Å². The molecule has 0 aliphatic carbocycles. The van der Waals surface area contributed by atoms with Crippen LogP contribution in [0.5, 0.6) is 0 Å². The first-order valence-electron chi connectivity index (χ1n) is 9.94. The number of unbranched alkanes of at least 4 members (excludes halogenated alkanes) is 4. The van der Waals surface area contributed by atoms with E-state index in [1.165, 1.54) is 0 Å². The Balaban J connectivity index is 4.22. The maximum Gasteiger partial charge on any atom is 0.336 e. The minimum absolute atomic E-state index is 0.233. The lowest BCUT2D eigenvalue weighted by atomic mass is 10.1. The Kier molecular flexibility index (Phi) is 14.3. The van der Waals surface area contributed by atoms with Gasteiger partial charge in [-0.3, -0.25) is 0 Å². The molecule has 0 aromatic rings. The van der Waals surface area contributed by atoms with Crippen LogP contribution in [0.1, 0.15) is 79.1 Å². The van der Waals surface area contributed by atoms with E-state index in [2.05, 4.69) is 27.7 Å². The molecule has 2 atom stereocenters. The summed E-state index contributed by atoms with van der Waals surface area (Å²) in [5.74, 6) is -1.29. The number of ether oxygens (including phenoxy) is 2. The fourth-order valence-corrected chi connectivity index (χ4v) is 2.66. The Labute approximate surface area is 158 Å². The zero-order valence-electron chi connectivity index (χ0n) is 16.9. The minimum Gasteiger partial charge on any atom is -0.479 e. The summed E-state index contributed by atoms with van der Waals surface area (Å²) in [5, 5.41) is 18.6. The van der Waals surface area contributed by atoms with Crippen molar-refractivity contribution in [2.45, 2.75) is 91.3 Å². The van der Waals surface area contributed by atoms with Crippen molar-refractivity contribution >= 4 is 11.9 Å². The molecular formula is C20H38O6. The van der Waals surface area contributed by atoms with Gasteiger partial charge in [0.05, 0.1) is 0 Å². The van der Waals surface area contributed by atoms with Crippen LogP contribution >= 0.6 is 0 Å². The van der Waals surface area contributed by atoms with Crippen LogP contribution in [-0.4, -0.2) is 47.6 Å². The highest BCUT2D eigenvalue weighted by molar-refractivity contribution is 5.83. The lowest BCUT2D eigenvalue weighted by Gasteiger charge is -2.21. The van der Waals surface area contributed by atoms with Crippen LogP contribution in [0.25, 0.3) is 0 Å². The van der Waals surface area contributed by atoms with Crippen LogP contribution in [-0.2, 0) is 19.1 Å². The second-order valence-electron chi connectivity index (χ2n) is 7.75. The van der Waals surface area contributed by atoms with Crippen molar-refractivity contribution in [1.29, 1.82) is 0 Å². The van der Waals surface area contributed by atoms with Crippen LogP contribution in [0.15, 0.2) is 0 Å². The Morgan fingerprint density at radius 2 is 1.00 bits per heavy atom. The van der Waals surface area contributed by atoms with Crippen molar-refractivity contribution in [3.05, 3.63) is 0 Å². The molecule has 0 bridgehead atoms. The molecule has 0 rings (SSSR count). The van der Waals surface area contributed by atoms with E-state index < -0.39 is 24.1 Å². The second kappa shape index (κ2) is 15.0. The topological polar surface area (TPSA) is 93.1 Å². The molecule has 0 fully saturated rings. The average Bonchev–Trinajstić information content (AvgIpc) is 2.53. The van der Waals surface area contributed by atoms with E-state index in [0.717, 1.165) is 51.4 Å². The van der Waals surface area contributed by atoms with Gasteiger partial charge in [0.1, 0.15) is 0 Å². The molecule has 26 heavy (non-hydrogen) atoms. The quantitative estimate of drug-likeness (QED) is 0.367. The van der Waals surface area contributed by atoms with Crippen LogP contribution in [0, 0.1) is 11.8 Å². The number of rotatable bonds is 17. The molecule has 0 aliphatic rings. The SMILES string of the molecule is CC(C)CCCCCOC(C(=O)O)C(OCCCCCC(C)C)C(=O)O. The van der Waals surface area contributed by atoms with Gasteiger partial charge in [-0.1, -0.05) is 66.2 Å². The highest BCUT2D eigenvalue weighted by atomic mass is 16.6. The van der Waals surface area contributed by atoms with Gasteiger partial charge < -0.3 is 19.7 Å². The van der Waals surface area contributed by atoms with Gasteiger partial charge in [-0.15, -0.1) is 0 Å².